The highest BCUT2D eigenvalue weighted by Gasteiger charge is 2.10. The molecule has 0 rings (SSSR count). The summed E-state index contributed by atoms with van der Waals surface area (Å²) in [7, 11) is 3.32. The lowest BCUT2D eigenvalue weighted by molar-refractivity contribution is -0.136. The van der Waals surface area contributed by atoms with Gasteiger partial charge in [-0.1, -0.05) is 19.4 Å². The molecule has 0 saturated carbocycles. The molecule has 0 radical (unpaired) electrons. The number of hydrogen-bond acceptors (Lipinski definition) is 2. The van der Waals surface area contributed by atoms with Gasteiger partial charge in [0.25, 0.3) is 0 Å². The number of amides is 1. The Hall–Kier alpha value is -1.32. The van der Waals surface area contributed by atoms with Gasteiger partial charge < -0.3 is 10.0 Å². The van der Waals surface area contributed by atoms with Crippen molar-refractivity contribution in [2.45, 2.75) is 26.2 Å². The van der Waals surface area contributed by atoms with E-state index in [1.54, 1.807) is 14.1 Å². The first kappa shape index (κ1) is 12.7. The van der Waals surface area contributed by atoms with Crippen LogP contribution in [0.15, 0.2) is 11.6 Å². The highest BCUT2D eigenvalue weighted by atomic mass is 16.4. The summed E-state index contributed by atoms with van der Waals surface area (Å²) >= 11 is 0. The summed E-state index contributed by atoms with van der Waals surface area (Å²) in [5.41, 5.74) is 0.583. The van der Waals surface area contributed by atoms with Crippen molar-refractivity contribution < 1.29 is 14.7 Å². The number of aliphatic carboxylic acids is 1. The Bertz CT molecular complexity index is 244. The molecular formula is C10H17NO3. The van der Waals surface area contributed by atoms with E-state index in [4.69, 9.17) is 5.11 Å². The van der Waals surface area contributed by atoms with Crippen molar-refractivity contribution in [1.82, 2.24) is 4.90 Å². The monoisotopic (exact) mass is 199 g/mol. The second-order valence-electron chi connectivity index (χ2n) is 3.28. The van der Waals surface area contributed by atoms with Gasteiger partial charge in [0.2, 0.25) is 5.91 Å². The Morgan fingerprint density at radius 3 is 2.29 bits per heavy atom. The molecule has 1 amide bonds. The lowest BCUT2D eigenvalue weighted by atomic mass is 10.1. The molecule has 4 nitrogen and oxygen atoms in total. The number of carbonyl (C=O) groups is 2. The first-order valence-corrected chi connectivity index (χ1v) is 4.61. The molecular weight excluding hydrogens is 182 g/mol. The van der Waals surface area contributed by atoms with Gasteiger partial charge in [-0.05, 0) is 6.42 Å². The van der Waals surface area contributed by atoms with Crippen LogP contribution < -0.4 is 0 Å². The van der Waals surface area contributed by atoms with E-state index in [0.29, 0.717) is 12.0 Å². The molecule has 14 heavy (non-hydrogen) atoms. The van der Waals surface area contributed by atoms with Crippen molar-refractivity contribution in [2.75, 3.05) is 14.1 Å². The second kappa shape index (κ2) is 6.18. The molecule has 0 saturated heterocycles. The normalized spacial score (nSPS) is 11.2. The minimum atomic E-state index is -0.912. The first-order chi connectivity index (χ1) is 6.49. The smallest absolute Gasteiger partial charge is 0.307 e. The molecule has 0 aliphatic carbocycles. The van der Waals surface area contributed by atoms with Crippen LogP contribution >= 0.6 is 0 Å². The van der Waals surface area contributed by atoms with E-state index < -0.39 is 5.97 Å². The minimum Gasteiger partial charge on any atom is -0.481 e. The summed E-state index contributed by atoms with van der Waals surface area (Å²) in [5.74, 6) is -1.02. The zero-order valence-electron chi connectivity index (χ0n) is 8.91. The third-order valence-electron chi connectivity index (χ3n) is 1.72. The molecule has 0 aliphatic heterocycles. The van der Waals surface area contributed by atoms with E-state index in [1.807, 2.05) is 6.92 Å². The fraction of sp³-hybridized carbons (Fsp3) is 0.600. The van der Waals surface area contributed by atoms with E-state index in [-0.39, 0.29) is 12.3 Å². The van der Waals surface area contributed by atoms with E-state index in [1.165, 1.54) is 11.0 Å². The van der Waals surface area contributed by atoms with Crippen LogP contribution in [0.5, 0.6) is 0 Å². The van der Waals surface area contributed by atoms with Crippen molar-refractivity contribution in [3.63, 3.8) is 0 Å². The van der Waals surface area contributed by atoms with Crippen LogP contribution in [0.3, 0.4) is 0 Å². The highest BCUT2D eigenvalue weighted by molar-refractivity contribution is 5.93. The molecule has 0 unspecified atom stereocenters. The number of rotatable bonds is 5. The van der Waals surface area contributed by atoms with Gasteiger partial charge in [0.1, 0.15) is 0 Å². The third-order valence-corrected chi connectivity index (χ3v) is 1.72. The van der Waals surface area contributed by atoms with Gasteiger partial charge in [0, 0.05) is 19.7 Å². The van der Waals surface area contributed by atoms with E-state index in [2.05, 4.69) is 0 Å². The Morgan fingerprint density at radius 2 is 1.93 bits per heavy atom. The Kier molecular flexibility index (Phi) is 5.60. The number of carboxylic acid groups (broad SMARTS) is 1. The molecule has 0 heterocycles. The molecule has 0 atom stereocenters. The predicted molar refractivity (Wildman–Crippen MR) is 53.9 cm³/mol. The number of likely N-dealkylation sites (N-methyl/N-ethyl adjacent to an activating group) is 1. The largest absolute Gasteiger partial charge is 0.481 e. The van der Waals surface area contributed by atoms with Gasteiger partial charge in [-0.3, -0.25) is 9.59 Å². The van der Waals surface area contributed by atoms with E-state index in [0.717, 1.165) is 6.42 Å². The first-order valence-electron chi connectivity index (χ1n) is 4.61. The molecule has 0 spiro atoms. The molecule has 0 aromatic carbocycles. The Morgan fingerprint density at radius 1 is 1.36 bits per heavy atom. The van der Waals surface area contributed by atoms with Crippen LogP contribution in [0.1, 0.15) is 26.2 Å². The third kappa shape index (κ3) is 4.64. The lowest BCUT2D eigenvalue weighted by Gasteiger charge is -2.12. The van der Waals surface area contributed by atoms with Gasteiger partial charge in [-0.15, -0.1) is 0 Å². The lowest BCUT2D eigenvalue weighted by Crippen LogP contribution is -2.23. The maximum atomic E-state index is 11.5. The second-order valence-corrected chi connectivity index (χ2v) is 3.28. The van der Waals surface area contributed by atoms with Crippen LogP contribution in [-0.2, 0) is 9.59 Å². The number of carboxylic acids is 1. The summed E-state index contributed by atoms with van der Waals surface area (Å²) in [4.78, 5) is 23.3. The Balaban J connectivity index is 4.49. The van der Waals surface area contributed by atoms with Crippen LogP contribution in [0.25, 0.3) is 0 Å². The molecule has 4 heteroatoms. The molecule has 0 bridgehead atoms. The van der Waals surface area contributed by atoms with Crippen molar-refractivity contribution in [2.24, 2.45) is 0 Å². The molecule has 0 aliphatic rings. The molecule has 0 aromatic heterocycles. The summed E-state index contributed by atoms with van der Waals surface area (Å²) in [6, 6.07) is 0. The molecule has 0 fully saturated rings. The average molecular weight is 199 g/mol. The summed E-state index contributed by atoms with van der Waals surface area (Å²) < 4.78 is 0. The minimum absolute atomic E-state index is 0.0884. The van der Waals surface area contributed by atoms with Crippen molar-refractivity contribution in [1.29, 1.82) is 0 Å². The van der Waals surface area contributed by atoms with E-state index in [9.17, 15) is 9.59 Å². The van der Waals surface area contributed by atoms with Crippen LogP contribution in [0.2, 0.25) is 0 Å². The summed E-state index contributed by atoms with van der Waals surface area (Å²) in [5, 5.41) is 8.48. The summed E-state index contributed by atoms with van der Waals surface area (Å²) in [6.45, 7) is 1.96. The topological polar surface area (TPSA) is 57.6 Å². The van der Waals surface area contributed by atoms with E-state index >= 15 is 0 Å². The molecule has 1 N–H and O–H groups in total. The average Bonchev–Trinajstić information content (AvgIpc) is 2.10. The number of hydrogen-bond donors (Lipinski definition) is 1. The zero-order valence-corrected chi connectivity index (χ0v) is 8.91. The maximum absolute atomic E-state index is 11.5. The van der Waals surface area contributed by atoms with Gasteiger partial charge in [0.15, 0.2) is 0 Å². The van der Waals surface area contributed by atoms with Gasteiger partial charge >= 0.3 is 5.97 Å². The van der Waals surface area contributed by atoms with Crippen LogP contribution in [0.4, 0.5) is 0 Å². The van der Waals surface area contributed by atoms with Gasteiger partial charge in [-0.2, -0.15) is 0 Å². The van der Waals surface area contributed by atoms with Crippen molar-refractivity contribution in [3.8, 4) is 0 Å². The van der Waals surface area contributed by atoms with Crippen molar-refractivity contribution >= 4 is 11.9 Å². The standard InChI is InChI=1S/C10H17NO3/c1-4-5-8(6-7-9(12)13)10(14)11(2)3/h6H,4-5,7H2,1-3H3,(H,12,13)/b8-6+. The maximum Gasteiger partial charge on any atom is 0.307 e. The van der Waals surface area contributed by atoms with Crippen molar-refractivity contribution in [3.05, 3.63) is 11.6 Å². The quantitative estimate of drug-likeness (QED) is 0.678. The number of carbonyl (C=O) groups excluding carboxylic acids is 1. The SMILES string of the molecule is CCC/C(=C\CC(=O)O)C(=O)N(C)C. The fourth-order valence-electron chi connectivity index (χ4n) is 1.06. The van der Waals surface area contributed by atoms with Crippen LogP contribution in [-0.4, -0.2) is 36.0 Å². The summed E-state index contributed by atoms with van der Waals surface area (Å²) in [6.07, 6.45) is 2.87. The molecule has 0 aromatic rings. The highest BCUT2D eigenvalue weighted by Crippen LogP contribution is 2.08. The van der Waals surface area contributed by atoms with Gasteiger partial charge in [-0.25, -0.2) is 0 Å². The number of nitrogens with zero attached hydrogens (tertiary/aromatic N) is 1. The Labute approximate surface area is 84.2 Å². The van der Waals surface area contributed by atoms with Crippen LogP contribution in [0, 0.1) is 0 Å². The predicted octanol–water partition coefficient (Wildman–Crippen LogP) is 1.28. The zero-order chi connectivity index (χ0) is 11.1. The molecule has 80 valence electrons. The van der Waals surface area contributed by atoms with Gasteiger partial charge in [0.05, 0.1) is 6.42 Å². The fourth-order valence-corrected chi connectivity index (χ4v) is 1.06.